The maximum atomic E-state index is 5.32. The molecule has 0 amide bonds. The quantitative estimate of drug-likeness (QED) is 0.146. The third kappa shape index (κ3) is 7.57. The third-order valence-corrected chi connectivity index (χ3v) is 11.9. The van der Waals surface area contributed by atoms with Crippen LogP contribution >= 0.6 is 0 Å². The Hall–Kier alpha value is -8.53. The lowest BCUT2D eigenvalue weighted by Crippen LogP contribution is -2.01. The number of rotatable bonds is 9. The molecule has 11 aromatic rings. The first-order valence-corrected chi connectivity index (χ1v) is 21.7. The molecule has 10 aromatic carbocycles. The Labute approximate surface area is 373 Å². The van der Waals surface area contributed by atoms with Gasteiger partial charge in [0.25, 0.3) is 0 Å². The summed E-state index contributed by atoms with van der Waals surface area (Å²) in [7, 11) is 0. The molecule has 11 rings (SSSR count). The van der Waals surface area contributed by atoms with Crippen molar-refractivity contribution in [3.05, 3.63) is 249 Å². The van der Waals surface area contributed by atoms with Gasteiger partial charge in [-0.1, -0.05) is 218 Å². The van der Waals surface area contributed by atoms with E-state index in [0.29, 0.717) is 17.5 Å². The highest BCUT2D eigenvalue weighted by atomic mass is 15.0. The fourth-order valence-corrected chi connectivity index (χ4v) is 8.85. The Morgan fingerprint density at radius 1 is 0.188 bits per heavy atom. The Kier molecular flexibility index (Phi) is 10.3. The molecule has 0 bridgehead atoms. The van der Waals surface area contributed by atoms with Crippen molar-refractivity contribution < 1.29 is 0 Å². The lowest BCUT2D eigenvalue weighted by atomic mass is 9.78. The fraction of sp³-hybridized carbons (Fsp3) is 0. The van der Waals surface area contributed by atoms with Gasteiger partial charge < -0.3 is 0 Å². The molecule has 0 aliphatic carbocycles. The van der Waals surface area contributed by atoms with Crippen LogP contribution in [0.4, 0.5) is 0 Å². The highest BCUT2D eigenvalue weighted by molar-refractivity contribution is 6.08. The van der Waals surface area contributed by atoms with E-state index < -0.39 is 0 Å². The predicted octanol–water partition coefficient (Wildman–Crippen LogP) is 16.0. The molecule has 3 nitrogen and oxygen atoms in total. The summed E-state index contributed by atoms with van der Waals surface area (Å²) in [4.78, 5) is 15.7. The zero-order valence-electron chi connectivity index (χ0n) is 35.0. The summed E-state index contributed by atoms with van der Waals surface area (Å²) in [6, 6.07) is 88.2. The van der Waals surface area contributed by atoms with Crippen LogP contribution in [-0.2, 0) is 0 Å². The molecule has 3 heteroatoms. The van der Waals surface area contributed by atoms with E-state index in [1.54, 1.807) is 0 Å². The highest BCUT2D eigenvalue weighted by Crippen LogP contribution is 2.51. The van der Waals surface area contributed by atoms with Crippen LogP contribution in [0, 0.1) is 0 Å². The van der Waals surface area contributed by atoms with Gasteiger partial charge in [0.2, 0.25) is 0 Å². The summed E-state index contributed by atoms with van der Waals surface area (Å²) in [5.41, 5.74) is 16.3. The van der Waals surface area contributed by atoms with Crippen LogP contribution < -0.4 is 0 Å². The normalized spacial score (nSPS) is 11.1. The van der Waals surface area contributed by atoms with Crippen molar-refractivity contribution in [1.29, 1.82) is 0 Å². The maximum absolute atomic E-state index is 5.32. The molecule has 0 unspecified atom stereocenters. The summed E-state index contributed by atoms with van der Waals surface area (Å²) in [6.45, 7) is 0. The molecule has 0 radical (unpaired) electrons. The van der Waals surface area contributed by atoms with Crippen LogP contribution in [-0.4, -0.2) is 15.0 Å². The van der Waals surface area contributed by atoms with Gasteiger partial charge in [-0.15, -0.1) is 0 Å². The van der Waals surface area contributed by atoms with Crippen LogP contribution in [0.25, 0.3) is 112 Å². The van der Waals surface area contributed by atoms with E-state index in [1.165, 1.54) is 16.5 Å². The molecule has 0 saturated heterocycles. The largest absolute Gasteiger partial charge is 0.208 e. The standard InChI is InChI=1S/C61H41N3/c1-7-21-42(22-8-1)51-38-52(40-53(39-51)61-63-59(48-32-17-6-18-33-48)62-60(64-61)50-36-35-43-23-19-20-34-49(43)37-50)55-41-54(44-24-9-2-10-25-44)56(45-26-11-3-12-27-45)58(47-30-15-5-16-31-47)57(55)46-28-13-4-14-29-46/h1-41H. The van der Waals surface area contributed by atoms with E-state index in [2.05, 4.69) is 231 Å². The van der Waals surface area contributed by atoms with Gasteiger partial charge in [-0.25, -0.2) is 15.0 Å². The first-order chi connectivity index (χ1) is 31.7. The molecule has 300 valence electrons. The lowest BCUT2D eigenvalue weighted by Gasteiger charge is -2.25. The molecule has 0 N–H and O–H groups in total. The van der Waals surface area contributed by atoms with Crippen molar-refractivity contribution in [1.82, 2.24) is 15.0 Å². The molecule has 1 heterocycles. The van der Waals surface area contributed by atoms with Crippen molar-refractivity contribution >= 4 is 10.8 Å². The van der Waals surface area contributed by atoms with Gasteiger partial charge in [-0.3, -0.25) is 0 Å². The van der Waals surface area contributed by atoms with Crippen molar-refractivity contribution in [3.8, 4) is 101 Å². The van der Waals surface area contributed by atoms with Crippen molar-refractivity contribution in [3.63, 3.8) is 0 Å². The van der Waals surface area contributed by atoms with Gasteiger partial charge in [-0.2, -0.15) is 0 Å². The molecule has 0 atom stereocenters. The Balaban J connectivity index is 1.24. The predicted molar refractivity (Wildman–Crippen MR) is 266 cm³/mol. The van der Waals surface area contributed by atoms with E-state index in [0.717, 1.165) is 77.7 Å². The summed E-state index contributed by atoms with van der Waals surface area (Å²) in [5.74, 6) is 1.84. The topological polar surface area (TPSA) is 38.7 Å². The summed E-state index contributed by atoms with van der Waals surface area (Å²) >= 11 is 0. The van der Waals surface area contributed by atoms with Gasteiger partial charge in [0.15, 0.2) is 17.5 Å². The van der Waals surface area contributed by atoms with Crippen molar-refractivity contribution in [2.75, 3.05) is 0 Å². The minimum absolute atomic E-state index is 0.602. The smallest absolute Gasteiger partial charge is 0.164 e. The second kappa shape index (κ2) is 17.1. The minimum Gasteiger partial charge on any atom is -0.208 e. The van der Waals surface area contributed by atoms with Gasteiger partial charge in [0.1, 0.15) is 0 Å². The van der Waals surface area contributed by atoms with E-state index >= 15 is 0 Å². The molecular formula is C61H41N3. The van der Waals surface area contributed by atoms with Gasteiger partial charge in [0, 0.05) is 16.7 Å². The van der Waals surface area contributed by atoms with E-state index in [-0.39, 0.29) is 0 Å². The number of hydrogen-bond acceptors (Lipinski definition) is 3. The molecule has 0 aliphatic rings. The number of fused-ring (bicyclic) bond motifs is 1. The van der Waals surface area contributed by atoms with Crippen LogP contribution in [0.2, 0.25) is 0 Å². The summed E-state index contributed by atoms with van der Waals surface area (Å²) < 4.78 is 0. The minimum atomic E-state index is 0.602. The molecule has 0 spiro atoms. The Morgan fingerprint density at radius 3 is 1.11 bits per heavy atom. The molecular weight excluding hydrogens is 775 g/mol. The number of aromatic nitrogens is 3. The Morgan fingerprint density at radius 2 is 0.562 bits per heavy atom. The van der Waals surface area contributed by atoms with E-state index in [9.17, 15) is 0 Å². The summed E-state index contributed by atoms with van der Waals surface area (Å²) in [6.07, 6.45) is 0. The monoisotopic (exact) mass is 815 g/mol. The van der Waals surface area contributed by atoms with Crippen molar-refractivity contribution in [2.45, 2.75) is 0 Å². The van der Waals surface area contributed by atoms with Crippen LogP contribution in [0.15, 0.2) is 249 Å². The van der Waals surface area contributed by atoms with Crippen LogP contribution in [0.1, 0.15) is 0 Å². The first-order valence-electron chi connectivity index (χ1n) is 21.7. The van der Waals surface area contributed by atoms with Gasteiger partial charge in [-0.05, 0) is 108 Å². The fourth-order valence-electron chi connectivity index (χ4n) is 8.85. The van der Waals surface area contributed by atoms with Crippen LogP contribution in [0.3, 0.4) is 0 Å². The average molecular weight is 816 g/mol. The third-order valence-electron chi connectivity index (χ3n) is 11.9. The molecule has 64 heavy (non-hydrogen) atoms. The highest BCUT2D eigenvalue weighted by Gasteiger charge is 2.25. The average Bonchev–Trinajstić information content (AvgIpc) is 3.39. The van der Waals surface area contributed by atoms with E-state index in [1.807, 2.05) is 18.2 Å². The maximum Gasteiger partial charge on any atom is 0.164 e. The Bertz CT molecular complexity index is 3390. The van der Waals surface area contributed by atoms with Crippen LogP contribution in [0.5, 0.6) is 0 Å². The molecule has 0 aliphatic heterocycles. The number of nitrogens with zero attached hydrogens (tertiary/aromatic N) is 3. The zero-order chi connectivity index (χ0) is 42.7. The van der Waals surface area contributed by atoms with Gasteiger partial charge in [0.05, 0.1) is 0 Å². The molecule has 0 fully saturated rings. The molecule has 0 saturated carbocycles. The van der Waals surface area contributed by atoms with Crippen molar-refractivity contribution in [2.24, 2.45) is 0 Å². The van der Waals surface area contributed by atoms with E-state index in [4.69, 9.17) is 15.0 Å². The number of benzene rings is 10. The molecule has 1 aromatic heterocycles. The second-order valence-corrected chi connectivity index (χ2v) is 16.0. The second-order valence-electron chi connectivity index (χ2n) is 16.0. The summed E-state index contributed by atoms with van der Waals surface area (Å²) in [5, 5.41) is 2.30. The SMILES string of the molecule is c1ccc(-c2cc(-c3nc(-c4ccccc4)nc(-c4ccc5ccccc5c4)n3)cc(-c3cc(-c4ccccc4)c(-c4ccccc4)c(-c4ccccc4)c3-c3ccccc3)c2)cc1. The lowest BCUT2D eigenvalue weighted by molar-refractivity contribution is 1.07. The van der Waals surface area contributed by atoms with Gasteiger partial charge >= 0.3 is 0 Å². The first kappa shape index (κ1) is 38.4. The number of hydrogen-bond donors (Lipinski definition) is 0. The zero-order valence-corrected chi connectivity index (χ0v) is 35.0.